The van der Waals surface area contributed by atoms with E-state index in [1.165, 1.54) is 23.1 Å². The molecule has 2 atom stereocenters. The average Bonchev–Trinajstić information content (AvgIpc) is 2.96. The summed E-state index contributed by atoms with van der Waals surface area (Å²) in [5, 5.41) is 5.81. The maximum absolute atomic E-state index is 5.68. The van der Waals surface area contributed by atoms with E-state index >= 15 is 0 Å². The number of fused-ring (bicyclic) bond motifs is 1. The van der Waals surface area contributed by atoms with Gasteiger partial charge in [0.2, 0.25) is 0 Å². The van der Waals surface area contributed by atoms with E-state index in [2.05, 4.69) is 34.7 Å². The van der Waals surface area contributed by atoms with Crippen LogP contribution in [0.25, 0.3) is 10.2 Å². The Balaban J connectivity index is 1.85. The highest BCUT2D eigenvalue weighted by Crippen LogP contribution is 2.31. The quantitative estimate of drug-likeness (QED) is 0.910. The van der Waals surface area contributed by atoms with Gasteiger partial charge in [0.15, 0.2) is 0 Å². The highest BCUT2D eigenvalue weighted by molar-refractivity contribution is 7.17. The van der Waals surface area contributed by atoms with Gasteiger partial charge in [0.1, 0.15) is 0 Å². The van der Waals surface area contributed by atoms with Gasteiger partial charge in [0.25, 0.3) is 0 Å². The minimum Gasteiger partial charge on any atom is -0.381 e. The van der Waals surface area contributed by atoms with Crippen molar-refractivity contribution >= 4 is 21.6 Å². The molecule has 3 rings (SSSR count). The zero-order chi connectivity index (χ0) is 13.8. The number of hydrogen-bond acceptors (Lipinski definition) is 4. The van der Waals surface area contributed by atoms with Crippen LogP contribution in [0.3, 0.4) is 0 Å². The van der Waals surface area contributed by atoms with Crippen molar-refractivity contribution in [1.29, 1.82) is 0 Å². The van der Waals surface area contributed by atoms with Crippen LogP contribution in [0.15, 0.2) is 23.7 Å². The van der Waals surface area contributed by atoms with E-state index < -0.39 is 0 Å². The third-order valence-electron chi connectivity index (χ3n) is 3.96. The smallest absolute Gasteiger partial charge is 0.0809 e. The van der Waals surface area contributed by atoms with E-state index in [4.69, 9.17) is 4.74 Å². The highest BCUT2D eigenvalue weighted by Gasteiger charge is 2.25. The van der Waals surface area contributed by atoms with Crippen molar-refractivity contribution in [2.75, 3.05) is 19.8 Å². The second-order valence-electron chi connectivity index (χ2n) is 5.48. The van der Waals surface area contributed by atoms with Gasteiger partial charge in [-0.05, 0) is 48.9 Å². The summed E-state index contributed by atoms with van der Waals surface area (Å²) in [7, 11) is 0. The van der Waals surface area contributed by atoms with Gasteiger partial charge in [-0.1, -0.05) is 6.92 Å². The van der Waals surface area contributed by atoms with Crippen LogP contribution in [0.4, 0.5) is 0 Å². The van der Waals surface area contributed by atoms with E-state index in [1.807, 2.05) is 6.20 Å². The number of rotatable bonds is 5. The minimum atomic E-state index is 0.370. The number of nitrogens with one attached hydrogen (secondary N) is 1. The molecule has 1 aliphatic heterocycles. The van der Waals surface area contributed by atoms with Crippen molar-refractivity contribution in [1.82, 2.24) is 10.3 Å². The lowest BCUT2D eigenvalue weighted by molar-refractivity contribution is 0.0390. The van der Waals surface area contributed by atoms with Crippen molar-refractivity contribution in [3.05, 3.63) is 29.3 Å². The number of pyridine rings is 1. The van der Waals surface area contributed by atoms with Gasteiger partial charge in [0.05, 0.1) is 16.8 Å². The largest absolute Gasteiger partial charge is 0.381 e. The molecule has 1 fully saturated rings. The molecule has 2 aromatic rings. The number of aromatic nitrogens is 1. The van der Waals surface area contributed by atoms with E-state index in [0.29, 0.717) is 12.0 Å². The number of ether oxygens (including phenoxy) is 1. The van der Waals surface area contributed by atoms with Crippen molar-refractivity contribution in [2.24, 2.45) is 5.92 Å². The first-order valence-corrected chi connectivity index (χ1v) is 8.40. The molecule has 0 saturated carbocycles. The topological polar surface area (TPSA) is 34.2 Å². The fourth-order valence-electron chi connectivity index (χ4n) is 2.92. The molecular weight excluding hydrogens is 268 g/mol. The van der Waals surface area contributed by atoms with Crippen LogP contribution in [-0.2, 0) is 4.74 Å². The maximum atomic E-state index is 5.68. The first kappa shape index (κ1) is 14.0. The maximum Gasteiger partial charge on any atom is 0.0809 e. The first-order chi connectivity index (χ1) is 9.88. The van der Waals surface area contributed by atoms with Crippen molar-refractivity contribution in [2.45, 2.75) is 32.2 Å². The predicted octanol–water partition coefficient (Wildman–Crippen LogP) is 3.76. The Labute approximate surface area is 124 Å². The Kier molecular flexibility index (Phi) is 4.65. The van der Waals surface area contributed by atoms with E-state index in [0.717, 1.165) is 31.7 Å². The molecule has 0 amide bonds. The standard InChI is InChI=1S/C16H22N2OS/c1-2-6-17-16(12-4-3-7-19-11-12)13-9-15-14(18-10-13)5-8-20-15/h5,8-10,12,16-17H,2-4,6-7,11H2,1H3. The molecular formula is C16H22N2OS. The Morgan fingerprint density at radius 3 is 3.30 bits per heavy atom. The summed E-state index contributed by atoms with van der Waals surface area (Å²) in [6, 6.07) is 4.76. The molecule has 0 aliphatic carbocycles. The van der Waals surface area contributed by atoms with Gasteiger partial charge < -0.3 is 10.1 Å². The summed E-state index contributed by atoms with van der Waals surface area (Å²) in [4.78, 5) is 4.59. The lowest BCUT2D eigenvalue weighted by Gasteiger charge is -2.31. The Morgan fingerprint density at radius 2 is 2.50 bits per heavy atom. The third-order valence-corrected chi connectivity index (χ3v) is 4.82. The molecule has 108 valence electrons. The summed E-state index contributed by atoms with van der Waals surface area (Å²) in [6.45, 7) is 5.04. The summed E-state index contributed by atoms with van der Waals surface area (Å²) in [5.74, 6) is 0.564. The summed E-state index contributed by atoms with van der Waals surface area (Å²) < 4.78 is 6.96. The van der Waals surface area contributed by atoms with Crippen molar-refractivity contribution in [3.63, 3.8) is 0 Å². The van der Waals surface area contributed by atoms with Crippen molar-refractivity contribution in [3.8, 4) is 0 Å². The van der Waals surface area contributed by atoms with E-state index in [1.54, 1.807) is 11.3 Å². The summed E-state index contributed by atoms with van der Waals surface area (Å²) in [5.41, 5.74) is 2.41. The average molecular weight is 290 g/mol. The molecule has 2 aromatic heterocycles. The van der Waals surface area contributed by atoms with Crippen LogP contribution in [0, 0.1) is 5.92 Å². The molecule has 0 bridgehead atoms. The number of thiophene rings is 1. The van der Waals surface area contributed by atoms with Crippen LogP contribution in [0.1, 0.15) is 37.8 Å². The molecule has 4 heteroatoms. The molecule has 1 aliphatic rings. The van der Waals surface area contributed by atoms with Crippen LogP contribution in [-0.4, -0.2) is 24.7 Å². The Morgan fingerprint density at radius 1 is 1.55 bits per heavy atom. The molecule has 2 unspecified atom stereocenters. The first-order valence-electron chi connectivity index (χ1n) is 7.52. The van der Waals surface area contributed by atoms with Gasteiger partial charge in [-0.3, -0.25) is 4.98 Å². The summed E-state index contributed by atoms with van der Waals surface area (Å²) >= 11 is 1.77. The number of hydrogen-bond donors (Lipinski definition) is 1. The van der Waals surface area contributed by atoms with Gasteiger partial charge >= 0.3 is 0 Å². The molecule has 0 aromatic carbocycles. The highest BCUT2D eigenvalue weighted by atomic mass is 32.1. The SMILES string of the molecule is CCCNC(c1cnc2ccsc2c1)C1CCCOC1. The molecule has 20 heavy (non-hydrogen) atoms. The summed E-state index contributed by atoms with van der Waals surface area (Å²) in [6.07, 6.45) is 5.60. The van der Waals surface area contributed by atoms with Crippen LogP contribution in [0.5, 0.6) is 0 Å². The van der Waals surface area contributed by atoms with Gasteiger partial charge in [-0.15, -0.1) is 11.3 Å². The Bertz CT molecular complexity index is 548. The predicted molar refractivity (Wildman–Crippen MR) is 84.2 cm³/mol. The second kappa shape index (κ2) is 6.66. The van der Waals surface area contributed by atoms with Crippen molar-refractivity contribution < 1.29 is 4.74 Å². The number of nitrogens with zero attached hydrogens (tertiary/aromatic N) is 1. The normalized spacial score (nSPS) is 21.1. The van der Waals surface area contributed by atoms with Crippen LogP contribution < -0.4 is 5.32 Å². The lowest BCUT2D eigenvalue weighted by atomic mass is 9.89. The minimum absolute atomic E-state index is 0.370. The monoisotopic (exact) mass is 290 g/mol. The molecule has 1 N–H and O–H groups in total. The molecule has 3 heterocycles. The molecule has 0 radical (unpaired) electrons. The fraction of sp³-hybridized carbons (Fsp3) is 0.562. The van der Waals surface area contributed by atoms with Crippen LogP contribution in [0.2, 0.25) is 0 Å². The fourth-order valence-corrected chi connectivity index (χ4v) is 3.71. The third kappa shape index (κ3) is 3.03. The van der Waals surface area contributed by atoms with Gasteiger partial charge in [-0.2, -0.15) is 0 Å². The molecule has 1 saturated heterocycles. The van der Waals surface area contributed by atoms with Crippen LogP contribution >= 0.6 is 11.3 Å². The van der Waals surface area contributed by atoms with Gasteiger partial charge in [-0.25, -0.2) is 0 Å². The second-order valence-corrected chi connectivity index (χ2v) is 6.43. The van der Waals surface area contributed by atoms with E-state index in [-0.39, 0.29) is 0 Å². The lowest BCUT2D eigenvalue weighted by Crippen LogP contribution is -2.33. The molecule has 3 nitrogen and oxygen atoms in total. The molecule has 0 spiro atoms. The zero-order valence-corrected chi connectivity index (χ0v) is 12.8. The zero-order valence-electron chi connectivity index (χ0n) is 12.0. The van der Waals surface area contributed by atoms with Gasteiger partial charge in [0, 0.05) is 24.8 Å². The van der Waals surface area contributed by atoms with E-state index in [9.17, 15) is 0 Å². The Hall–Kier alpha value is -0.970.